The van der Waals surface area contributed by atoms with Crippen LogP contribution in [0.3, 0.4) is 0 Å². The Kier molecular flexibility index (Phi) is 3.37. The molecule has 3 heteroatoms. The van der Waals surface area contributed by atoms with Crippen LogP contribution in [-0.4, -0.2) is 0 Å². The quantitative estimate of drug-likeness (QED) is 0.733. The number of ether oxygens (including phenoxy) is 1. The summed E-state index contributed by atoms with van der Waals surface area (Å²) in [6.07, 6.45) is 0. The molecule has 2 aromatic carbocycles. The van der Waals surface area contributed by atoms with Gasteiger partial charge in [-0.3, -0.25) is 0 Å². The van der Waals surface area contributed by atoms with Gasteiger partial charge in [-0.2, -0.15) is 0 Å². The molecule has 0 aliphatic carbocycles. The minimum atomic E-state index is 0.477. The first-order valence-corrected chi connectivity index (χ1v) is 5.46. The molecule has 0 aliphatic rings. The lowest BCUT2D eigenvalue weighted by molar-refractivity contribution is 0.482. The second-order valence-corrected chi connectivity index (χ2v) is 4.14. The van der Waals surface area contributed by atoms with Gasteiger partial charge in [0.05, 0.1) is 10.0 Å². The first-order valence-electron chi connectivity index (χ1n) is 4.70. The second-order valence-electron chi connectivity index (χ2n) is 3.33. The third-order valence-corrected chi connectivity index (χ3v) is 2.76. The van der Waals surface area contributed by atoms with E-state index in [1.807, 2.05) is 24.3 Å². The smallest absolute Gasteiger partial charge is 0.129 e. The third kappa shape index (κ3) is 2.69. The van der Waals surface area contributed by atoms with Gasteiger partial charge in [-0.25, -0.2) is 0 Å². The van der Waals surface area contributed by atoms with Crippen molar-refractivity contribution in [3.8, 4) is 11.5 Å². The highest BCUT2D eigenvalue weighted by atomic mass is 35.5. The van der Waals surface area contributed by atoms with Crippen LogP contribution in [0.2, 0.25) is 10.0 Å². The van der Waals surface area contributed by atoms with Crippen molar-refractivity contribution in [2.75, 3.05) is 0 Å². The minimum Gasteiger partial charge on any atom is -0.457 e. The van der Waals surface area contributed by atoms with Gasteiger partial charge in [0.15, 0.2) is 0 Å². The molecule has 0 fully saturated rings. The van der Waals surface area contributed by atoms with Crippen molar-refractivity contribution in [1.82, 2.24) is 0 Å². The van der Waals surface area contributed by atoms with E-state index in [2.05, 4.69) is 6.92 Å². The van der Waals surface area contributed by atoms with E-state index in [0.717, 1.165) is 11.3 Å². The molecule has 0 atom stereocenters. The summed E-state index contributed by atoms with van der Waals surface area (Å²) >= 11 is 11.7. The van der Waals surface area contributed by atoms with E-state index < -0.39 is 0 Å². The first kappa shape index (κ1) is 11.3. The second kappa shape index (κ2) is 4.77. The van der Waals surface area contributed by atoms with Gasteiger partial charge in [0.2, 0.25) is 0 Å². The topological polar surface area (TPSA) is 9.23 Å². The van der Waals surface area contributed by atoms with Crippen molar-refractivity contribution >= 4 is 23.2 Å². The number of rotatable bonds is 2. The Balaban J connectivity index is 2.24. The van der Waals surface area contributed by atoms with Crippen LogP contribution in [0.5, 0.6) is 11.5 Å². The van der Waals surface area contributed by atoms with Crippen molar-refractivity contribution in [2.24, 2.45) is 0 Å². The molecule has 0 amide bonds. The fourth-order valence-corrected chi connectivity index (χ4v) is 1.57. The molecular weight excluding hydrogens is 243 g/mol. The zero-order valence-electron chi connectivity index (χ0n) is 8.41. The fourth-order valence-electron chi connectivity index (χ4n) is 1.29. The van der Waals surface area contributed by atoms with Gasteiger partial charge in [0.25, 0.3) is 0 Å². The minimum absolute atomic E-state index is 0.477. The Bertz CT molecular complexity index is 509. The molecule has 0 aromatic heterocycles. The maximum atomic E-state index is 5.89. The molecule has 0 saturated carbocycles. The number of benzene rings is 2. The molecule has 0 N–H and O–H groups in total. The Hall–Kier alpha value is -1.18. The van der Waals surface area contributed by atoms with Crippen LogP contribution in [-0.2, 0) is 0 Å². The van der Waals surface area contributed by atoms with E-state index in [1.165, 1.54) is 0 Å². The maximum Gasteiger partial charge on any atom is 0.129 e. The summed E-state index contributed by atoms with van der Waals surface area (Å²) in [5, 5.41) is 0.991. The predicted octanol–water partition coefficient (Wildman–Crippen LogP) is 4.97. The average Bonchev–Trinajstić information content (AvgIpc) is 2.24. The standard InChI is InChI=1S/C13H9Cl2O/c1-9-3-2-4-10(7-9)16-11-5-6-12(14)13(15)8-11/h2-8H,1H2. The van der Waals surface area contributed by atoms with Crippen LogP contribution >= 0.6 is 23.2 Å². The Morgan fingerprint density at radius 2 is 1.62 bits per heavy atom. The lowest BCUT2D eigenvalue weighted by Gasteiger charge is -2.07. The summed E-state index contributed by atoms with van der Waals surface area (Å²) in [6.45, 7) is 3.83. The van der Waals surface area contributed by atoms with Crippen LogP contribution in [0.1, 0.15) is 5.56 Å². The normalized spacial score (nSPS) is 10.2. The molecule has 0 unspecified atom stereocenters. The Labute approximate surface area is 105 Å². The molecule has 0 saturated heterocycles. The van der Waals surface area contributed by atoms with Gasteiger partial charge < -0.3 is 4.74 Å². The third-order valence-electron chi connectivity index (χ3n) is 2.03. The van der Waals surface area contributed by atoms with Crippen molar-refractivity contribution in [1.29, 1.82) is 0 Å². The summed E-state index contributed by atoms with van der Waals surface area (Å²) < 4.78 is 5.61. The largest absolute Gasteiger partial charge is 0.457 e. The summed E-state index contributed by atoms with van der Waals surface area (Å²) in [6, 6.07) is 12.6. The lowest BCUT2D eigenvalue weighted by atomic mass is 10.2. The SMILES string of the molecule is [CH2]c1cccc(Oc2ccc(Cl)c(Cl)c2)c1. The fraction of sp³-hybridized carbons (Fsp3) is 0. The average molecular weight is 252 g/mol. The molecule has 0 aliphatic heterocycles. The maximum absolute atomic E-state index is 5.89. The molecular formula is C13H9Cl2O. The van der Waals surface area contributed by atoms with Gasteiger partial charge in [0, 0.05) is 6.07 Å². The number of hydrogen-bond donors (Lipinski definition) is 0. The van der Waals surface area contributed by atoms with E-state index in [-0.39, 0.29) is 0 Å². The van der Waals surface area contributed by atoms with Crippen LogP contribution in [0.25, 0.3) is 0 Å². The highest BCUT2D eigenvalue weighted by Crippen LogP contribution is 2.29. The van der Waals surface area contributed by atoms with Crippen molar-refractivity contribution in [3.63, 3.8) is 0 Å². The van der Waals surface area contributed by atoms with Crippen LogP contribution in [0.15, 0.2) is 42.5 Å². The van der Waals surface area contributed by atoms with E-state index in [1.54, 1.807) is 18.2 Å². The van der Waals surface area contributed by atoms with Gasteiger partial charge in [-0.1, -0.05) is 35.3 Å². The first-order chi connectivity index (χ1) is 7.65. The summed E-state index contributed by atoms with van der Waals surface area (Å²) in [5.41, 5.74) is 0.901. The molecule has 16 heavy (non-hydrogen) atoms. The Morgan fingerprint density at radius 1 is 0.875 bits per heavy atom. The van der Waals surface area contributed by atoms with Crippen molar-refractivity contribution < 1.29 is 4.74 Å². The van der Waals surface area contributed by atoms with Crippen molar-refractivity contribution in [3.05, 3.63) is 65.0 Å². The van der Waals surface area contributed by atoms with Gasteiger partial charge in [-0.05, 0) is 36.8 Å². The Morgan fingerprint density at radius 3 is 2.31 bits per heavy atom. The lowest BCUT2D eigenvalue weighted by Crippen LogP contribution is -1.84. The summed E-state index contributed by atoms with van der Waals surface area (Å²) in [5.74, 6) is 1.38. The summed E-state index contributed by atoms with van der Waals surface area (Å²) in [7, 11) is 0. The molecule has 2 rings (SSSR count). The number of halogens is 2. The van der Waals surface area contributed by atoms with Crippen molar-refractivity contribution in [2.45, 2.75) is 0 Å². The van der Waals surface area contributed by atoms with Crippen LogP contribution < -0.4 is 4.74 Å². The monoisotopic (exact) mass is 251 g/mol. The zero-order chi connectivity index (χ0) is 11.5. The molecule has 1 nitrogen and oxygen atoms in total. The highest BCUT2D eigenvalue weighted by Gasteiger charge is 2.01. The molecule has 1 radical (unpaired) electrons. The molecule has 0 spiro atoms. The van der Waals surface area contributed by atoms with Gasteiger partial charge in [0.1, 0.15) is 11.5 Å². The van der Waals surface area contributed by atoms with Gasteiger partial charge >= 0.3 is 0 Å². The van der Waals surface area contributed by atoms with E-state index in [0.29, 0.717) is 15.8 Å². The number of hydrogen-bond acceptors (Lipinski definition) is 1. The van der Waals surface area contributed by atoms with E-state index in [4.69, 9.17) is 27.9 Å². The van der Waals surface area contributed by atoms with Gasteiger partial charge in [-0.15, -0.1) is 0 Å². The van der Waals surface area contributed by atoms with Crippen LogP contribution in [0.4, 0.5) is 0 Å². The zero-order valence-corrected chi connectivity index (χ0v) is 9.92. The summed E-state index contributed by atoms with van der Waals surface area (Å²) in [4.78, 5) is 0. The molecule has 0 bridgehead atoms. The van der Waals surface area contributed by atoms with E-state index >= 15 is 0 Å². The van der Waals surface area contributed by atoms with Crippen LogP contribution in [0, 0.1) is 6.92 Å². The molecule has 2 aromatic rings. The van der Waals surface area contributed by atoms with E-state index in [9.17, 15) is 0 Å². The highest BCUT2D eigenvalue weighted by molar-refractivity contribution is 6.42. The predicted molar refractivity (Wildman–Crippen MR) is 67.4 cm³/mol. The molecule has 81 valence electrons. The molecule has 0 heterocycles.